The van der Waals surface area contributed by atoms with Gasteiger partial charge in [-0.25, -0.2) is 9.98 Å². The molecule has 3 N–H and O–H groups in total. The summed E-state index contributed by atoms with van der Waals surface area (Å²) in [4.78, 5) is 11.3. The molecule has 1 aromatic heterocycles. The monoisotopic (exact) mass is 317 g/mol. The summed E-state index contributed by atoms with van der Waals surface area (Å²) >= 11 is 0. The molecule has 1 fully saturated rings. The van der Waals surface area contributed by atoms with Crippen molar-refractivity contribution in [2.45, 2.75) is 46.6 Å². The van der Waals surface area contributed by atoms with Crippen LogP contribution in [0.15, 0.2) is 23.3 Å². The van der Waals surface area contributed by atoms with Crippen LogP contribution in [0.3, 0.4) is 0 Å². The molecule has 5 nitrogen and oxygen atoms in total. The molecule has 1 aliphatic rings. The number of hydrogen-bond acceptors (Lipinski definition) is 3. The van der Waals surface area contributed by atoms with Crippen molar-refractivity contribution in [1.29, 1.82) is 0 Å². The van der Waals surface area contributed by atoms with E-state index in [1.165, 1.54) is 12.8 Å². The Labute approximate surface area is 140 Å². The highest BCUT2D eigenvalue weighted by Gasteiger charge is 2.16. The molecule has 2 heterocycles. The first kappa shape index (κ1) is 17.6. The molecule has 23 heavy (non-hydrogen) atoms. The summed E-state index contributed by atoms with van der Waals surface area (Å²) in [5.74, 6) is 3.10. The van der Waals surface area contributed by atoms with Crippen molar-refractivity contribution in [3.8, 4) is 0 Å². The Balaban J connectivity index is 1.80. The van der Waals surface area contributed by atoms with Gasteiger partial charge in [-0.3, -0.25) is 0 Å². The fourth-order valence-corrected chi connectivity index (χ4v) is 2.66. The molecule has 0 amide bonds. The number of hydrogen-bond donors (Lipinski definition) is 2. The lowest BCUT2D eigenvalue weighted by Crippen LogP contribution is -2.33. The number of nitrogens with two attached hydrogens (primary N) is 1. The van der Waals surface area contributed by atoms with Crippen LogP contribution in [0.5, 0.6) is 0 Å². The van der Waals surface area contributed by atoms with Crippen LogP contribution in [0, 0.1) is 11.8 Å². The molecule has 1 saturated heterocycles. The van der Waals surface area contributed by atoms with E-state index >= 15 is 0 Å². The molecule has 128 valence electrons. The first-order valence-corrected chi connectivity index (χ1v) is 8.78. The SMILES string of the molecule is CC(C)CCNC(N)=NCc1ccc(N2CCC(C)CC2)nc1. The summed E-state index contributed by atoms with van der Waals surface area (Å²) in [6.07, 6.45) is 5.53. The third-order valence-corrected chi connectivity index (χ3v) is 4.38. The summed E-state index contributed by atoms with van der Waals surface area (Å²) in [5, 5.41) is 3.15. The molecule has 0 spiro atoms. The number of piperidine rings is 1. The van der Waals surface area contributed by atoms with Crippen molar-refractivity contribution in [1.82, 2.24) is 10.3 Å². The average Bonchev–Trinajstić information content (AvgIpc) is 2.54. The van der Waals surface area contributed by atoms with E-state index in [4.69, 9.17) is 5.73 Å². The Morgan fingerprint density at radius 2 is 2.13 bits per heavy atom. The molecular weight excluding hydrogens is 286 g/mol. The average molecular weight is 317 g/mol. The van der Waals surface area contributed by atoms with Crippen molar-refractivity contribution in [2.24, 2.45) is 22.6 Å². The lowest BCUT2D eigenvalue weighted by molar-refractivity contribution is 0.436. The molecule has 0 atom stereocenters. The number of aliphatic imine (C=N–C) groups is 1. The predicted molar refractivity (Wildman–Crippen MR) is 97.6 cm³/mol. The van der Waals surface area contributed by atoms with Crippen LogP contribution < -0.4 is 16.0 Å². The normalized spacial score (nSPS) is 16.9. The van der Waals surface area contributed by atoms with Crippen molar-refractivity contribution < 1.29 is 0 Å². The largest absolute Gasteiger partial charge is 0.370 e. The number of rotatable bonds is 6. The minimum Gasteiger partial charge on any atom is -0.370 e. The number of nitrogens with one attached hydrogen (secondary N) is 1. The number of anilines is 1. The highest BCUT2D eigenvalue weighted by atomic mass is 15.2. The summed E-state index contributed by atoms with van der Waals surface area (Å²) in [6.45, 7) is 10.4. The molecule has 2 rings (SSSR count). The Bertz CT molecular complexity index is 487. The van der Waals surface area contributed by atoms with Crippen molar-refractivity contribution in [3.05, 3.63) is 23.9 Å². The van der Waals surface area contributed by atoms with Crippen molar-refractivity contribution >= 4 is 11.8 Å². The van der Waals surface area contributed by atoms with Crippen LogP contribution in [0.4, 0.5) is 5.82 Å². The molecule has 0 saturated carbocycles. The van der Waals surface area contributed by atoms with Gasteiger partial charge in [0.15, 0.2) is 5.96 Å². The Hall–Kier alpha value is -1.78. The fraction of sp³-hybridized carbons (Fsp3) is 0.667. The van der Waals surface area contributed by atoms with Gasteiger partial charge >= 0.3 is 0 Å². The van der Waals surface area contributed by atoms with Gasteiger partial charge in [0, 0.05) is 25.8 Å². The number of aromatic nitrogens is 1. The molecule has 0 radical (unpaired) electrons. The molecular formula is C18H31N5. The lowest BCUT2D eigenvalue weighted by Gasteiger charge is -2.31. The first-order chi connectivity index (χ1) is 11.0. The molecule has 1 aliphatic heterocycles. The van der Waals surface area contributed by atoms with E-state index in [1.807, 2.05) is 6.20 Å². The van der Waals surface area contributed by atoms with Gasteiger partial charge in [-0.05, 0) is 42.7 Å². The molecule has 0 unspecified atom stereocenters. The van der Waals surface area contributed by atoms with Crippen molar-refractivity contribution in [2.75, 3.05) is 24.5 Å². The number of pyridine rings is 1. The van der Waals surface area contributed by atoms with E-state index in [-0.39, 0.29) is 0 Å². The van der Waals surface area contributed by atoms with Gasteiger partial charge in [-0.1, -0.05) is 26.8 Å². The molecule has 5 heteroatoms. The molecule has 1 aromatic rings. The van der Waals surface area contributed by atoms with Gasteiger partial charge in [0.05, 0.1) is 6.54 Å². The van der Waals surface area contributed by atoms with Crippen LogP contribution >= 0.6 is 0 Å². The third kappa shape index (κ3) is 6.08. The fourth-order valence-electron chi connectivity index (χ4n) is 2.66. The zero-order valence-corrected chi connectivity index (χ0v) is 14.8. The second-order valence-electron chi connectivity index (χ2n) is 7.00. The Morgan fingerprint density at radius 1 is 1.39 bits per heavy atom. The van der Waals surface area contributed by atoms with E-state index in [0.29, 0.717) is 18.4 Å². The summed E-state index contributed by atoms with van der Waals surface area (Å²) in [7, 11) is 0. The van der Waals surface area contributed by atoms with E-state index in [0.717, 1.165) is 43.4 Å². The number of nitrogens with zero attached hydrogens (tertiary/aromatic N) is 3. The zero-order valence-electron chi connectivity index (χ0n) is 14.8. The highest BCUT2D eigenvalue weighted by molar-refractivity contribution is 5.77. The minimum absolute atomic E-state index is 0.514. The van der Waals surface area contributed by atoms with Crippen LogP contribution in [0.2, 0.25) is 0 Å². The van der Waals surface area contributed by atoms with Crippen LogP contribution in [-0.2, 0) is 6.54 Å². The standard InChI is InChI=1S/C18H31N5/c1-14(2)6-9-20-18(19)22-13-16-4-5-17(21-12-16)23-10-7-15(3)8-11-23/h4-5,12,14-15H,6-11,13H2,1-3H3,(H3,19,20,22). The first-order valence-electron chi connectivity index (χ1n) is 8.78. The van der Waals surface area contributed by atoms with Gasteiger partial charge in [0.25, 0.3) is 0 Å². The van der Waals surface area contributed by atoms with E-state index in [9.17, 15) is 0 Å². The lowest BCUT2D eigenvalue weighted by atomic mass is 9.99. The topological polar surface area (TPSA) is 66.5 Å². The highest BCUT2D eigenvalue weighted by Crippen LogP contribution is 2.21. The summed E-state index contributed by atoms with van der Waals surface area (Å²) < 4.78 is 0. The molecule has 0 aliphatic carbocycles. The molecule has 0 aromatic carbocycles. The second kappa shape index (κ2) is 8.75. The zero-order chi connectivity index (χ0) is 16.7. The summed E-state index contributed by atoms with van der Waals surface area (Å²) in [5.41, 5.74) is 6.97. The van der Waals surface area contributed by atoms with Gasteiger partial charge in [-0.2, -0.15) is 0 Å². The van der Waals surface area contributed by atoms with Crippen LogP contribution in [0.1, 0.15) is 45.6 Å². The Kier molecular flexibility index (Phi) is 6.68. The van der Waals surface area contributed by atoms with Crippen LogP contribution in [0.25, 0.3) is 0 Å². The predicted octanol–water partition coefficient (Wildman–Crippen LogP) is 2.77. The maximum absolute atomic E-state index is 5.88. The smallest absolute Gasteiger partial charge is 0.188 e. The third-order valence-electron chi connectivity index (χ3n) is 4.38. The Morgan fingerprint density at radius 3 is 2.74 bits per heavy atom. The van der Waals surface area contributed by atoms with E-state index in [2.05, 4.69) is 53.1 Å². The van der Waals surface area contributed by atoms with Gasteiger partial charge < -0.3 is 16.0 Å². The summed E-state index contributed by atoms with van der Waals surface area (Å²) in [6, 6.07) is 4.20. The number of guanidine groups is 1. The quantitative estimate of drug-likeness (QED) is 0.625. The van der Waals surface area contributed by atoms with Gasteiger partial charge in [0.1, 0.15) is 5.82 Å². The van der Waals surface area contributed by atoms with E-state index < -0.39 is 0 Å². The van der Waals surface area contributed by atoms with E-state index in [1.54, 1.807) is 0 Å². The minimum atomic E-state index is 0.514. The van der Waals surface area contributed by atoms with Crippen molar-refractivity contribution in [3.63, 3.8) is 0 Å². The maximum Gasteiger partial charge on any atom is 0.188 e. The van der Waals surface area contributed by atoms with Gasteiger partial charge in [0.2, 0.25) is 0 Å². The maximum atomic E-state index is 5.88. The molecule has 0 bridgehead atoms. The second-order valence-corrected chi connectivity index (χ2v) is 7.00. The van der Waals surface area contributed by atoms with Gasteiger partial charge in [-0.15, -0.1) is 0 Å². The van der Waals surface area contributed by atoms with Crippen LogP contribution in [-0.4, -0.2) is 30.6 Å².